The third-order valence-electron chi connectivity index (χ3n) is 2.70. The summed E-state index contributed by atoms with van der Waals surface area (Å²) in [7, 11) is 0. The van der Waals surface area contributed by atoms with Crippen LogP contribution in [0.3, 0.4) is 0 Å². The Labute approximate surface area is 112 Å². The summed E-state index contributed by atoms with van der Waals surface area (Å²) in [6.45, 7) is 0.646. The van der Waals surface area contributed by atoms with Crippen molar-refractivity contribution < 1.29 is 9.32 Å². The summed E-state index contributed by atoms with van der Waals surface area (Å²) in [5, 5.41) is 8.82. The monoisotopic (exact) mass is 259 g/mol. The molecule has 1 aromatic heterocycles. The number of hydrogen-bond donors (Lipinski definition) is 2. The summed E-state index contributed by atoms with van der Waals surface area (Å²) in [6.07, 6.45) is 4.51. The number of aryl methyl sites for hydroxylation is 1. The number of amides is 2. The van der Waals surface area contributed by atoms with E-state index in [9.17, 15) is 4.79 Å². The molecule has 1 aromatic carbocycles. The highest BCUT2D eigenvalue weighted by Gasteiger charge is 2.02. The average Bonchev–Trinajstić information content (AvgIpc) is 2.92. The van der Waals surface area contributed by atoms with Crippen LogP contribution in [0.25, 0.3) is 0 Å². The van der Waals surface area contributed by atoms with Crippen LogP contribution >= 0.6 is 0 Å². The number of nitrogens with one attached hydrogen (secondary N) is 2. The number of urea groups is 1. The van der Waals surface area contributed by atoms with E-state index in [1.165, 1.54) is 11.8 Å². The number of nitrogens with zero attached hydrogens (tertiary/aromatic N) is 1. The molecule has 19 heavy (non-hydrogen) atoms. The van der Waals surface area contributed by atoms with Gasteiger partial charge in [-0.1, -0.05) is 35.5 Å². The van der Waals surface area contributed by atoms with E-state index in [0.717, 1.165) is 19.3 Å². The zero-order valence-corrected chi connectivity index (χ0v) is 10.6. The number of aromatic nitrogens is 1. The lowest BCUT2D eigenvalue weighted by atomic mass is 10.1. The van der Waals surface area contributed by atoms with Gasteiger partial charge in [0, 0.05) is 12.6 Å². The number of carbonyl (C=O) groups is 1. The number of carbonyl (C=O) groups excluding carboxylic acids is 1. The summed E-state index contributed by atoms with van der Waals surface area (Å²) in [4.78, 5) is 11.4. The topological polar surface area (TPSA) is 67.2 Å². The molecule has 0 radical (unpaired) electrons. The number of anilines is 1. The molecule has 2 amide bonds. The first kappa shape index (κ1) is 13.1. The van der Waals surface area contributed by atoms with Crippen molar-refractivity contribution in [2.75, 3.05) is 11.9 Å². The van der Waals surface area contributed by atoms with Gasteiger partial charge < -0.3 is 9.84 Å². The van der Waals surface area contributed by atoms with E-state index in [1.807, 2.05) is 18.2 Å². The predicted molar refractivity (Wildman–Crippen MR) is 72.9 cm³/mol. The molecule has 0 fully saturated rings. The molecule has 0 spiro atoms. The molecule has 0 unspecified atom stereocenters. The Morgan fingerprint density at radius 1 is 1.16 bits per heavy atom. The van der Waals surface area contributed by atoms with Gasteiger partial charge in [0.15, 0.2) is 0 Å². The van der Waals surface area contributed by atoms with Crippen molar-refractivity contribution in [2.24, 2.45) is 0 Å². The lowest BCUT2D eigenvalue weighted by Gasteiger charge is -2.05. The van der Waals surface area contributed by atoms with Crippen molar-refractivity contribution in [3.05, 3.63) is 48.2 Å². The molecule has 0 bridgehead atoms. The standard InChI is InChI=1S/C14H17N3O2/c18-14(17-13-9-11-16-19-13)15-10-5-4-8-12-6-2-1-3-7-12/h1-3,6-7,9,11H,4-5,8,10H2,(H2,15,17,18). The van der Waals surface area contributed by atoms with Crippen molar-refractivity contribution in [2.45, 2.75) is 19.3 Å². The predicted octanol–water partition coefficient (Wildman–Crippen LogP) is 2.82. The van der Waals surface area contributed by atoms with E-state index >= 15 is 0 Å². The second kappa shape index (κ2) is 7.20. The van der Waals surface area contributed by atoms with E-state index in [1.54, 1.807) is 6.07 Å². The van der Waals surface area contributed by atoms with Gasteiger partial charge in [0.2, 0.25) is 5.88 Å². The minimum atomic E-state index is -0.267. The molecular formula is C14H17N3O2. The Balaban J connectivity index is 1.56. The van der Waals surface area contributed by atoms with Gasteiger partial charge in [-0.2, -0.15) is 0 Å². The molecule has 0 aliphatic rings. The lowest BCUT2D eigenvalue weighted by molar-refractivity contribution is 0.251. The zero-order chi connectivity index (χ0) is 13.3. The first-order chi connectivity index (χ1) is 9.34. The average molecular weight is 259 g/mol. The SMILES string of the molecule is O=C(NCCCCc1ccccc1)Nc1ccno1. The van der Waals surface area contributed by atoms with Crippen molar-refractivity contribution in [1.82, 2.24) is 10.5 Å². The van der Waals surface area contributed by atoms with Crippen LogP contribution in [0.4, 0.5) is 10.7 Å². The Hall–Kier alpha value is -2.30. The molecule has 5 nitrogen and oxygen atoms in total. The molecular weight excluding hydrogens is 242 g/mol. The molecule has 2 aromatic rings. The minimum Gasteiger partial charge on any atom is -0.338 e. The zero-order valence-electron chi connectivity index (χ0n) is 10.6. The quantitative estimate of drug-likeness (QED) is 0.784. The van der Waals surface area contributed by atoms with Crippen molar-refractivity contribution in [3.8, 4) is 0 Å². The molecule has 0 saturated heterocycles. The normalized spacial score (nSPS) is 10.1. The van der Waals surface area contributed by atoms with E-state index in [4.69, 9.17) is 4.52 Å². The lowest BCUT2D eigenvalue weighted by Crippen LogP contribution is -2.29. The van der Waals surface area contributed by atoms with Gasteiger partial charge in [0.05, 0.1) is 6.20 Å². The van der Waals surface area contributed by atoms with Crippen molar-refractivity contribution in [1.29, 1.82) is 0 Å². The van der Waals surface area contributed by atoms with E-state index in [0.29, 0.717) is 12.4 Å². The maximum atomic E-state index is 11.4. The van der Waals surface area contributed by atoms with Crippen LogP contribution in [0.1, 0.15) is 18.4 Å². The van der Waals surface area contributed by atoms with Crippen LogP contribution in [0.15, 0.2) is 47.1 Å². The second-order valence-electron chi connectivity index (χ2n) is 4.20. The Bertz CT molecular complexity index is 483. The van der Waals surface area contributed by atoms with Gasteiger partial charge in [-0.3, -0.25) is 5.32 Å². The fourth-order valence-electron chi connectivity index (χ4n) is 1.74. The third-order valence-corrected chi connectivity index (χ3v) is 2.70. The van der Waals surface area contributed by atoms with Crippen LogP contribution in [-0.2, 0) is 6.42 Å². The molecule has 0 aliphatic carbocycles. The third kappa shape index (κ3) is 4.83. The maximum Gasteiger partial charge on any atom is 0.321 e. The first-order valence-corrected chi connectivity index (χ1v) is 6.34. The molecule has 2 N–H and O–H groups in total. The van der Waals surface area contributed by atoms with Gasteiger partial charge >= 0.3 is 6.03 Å². The molecule has 5 heteroatoms. The van der Waals surface area contributed by atoms with Gasteiger partial charge in [-0.15, -0.1) is 0 Å². The first-order valence-electron chi connectivity index (χ1n) is 6.34. The number of hydrogen-bond acceptors (Lipinski definition) is 3. The highest BCUT2D eigenvalue weighted by molar-refractivity contribution is 5.87. The fourth-order valence-corrected chi connectivity index (χ4v) is 1.74. The fraction of sp³-hybridized carbons (Fsp3) is 0.286. The summed E-state index contributed by atoms with van der Waals surface area (Å²) in [5.41, 5.74) is 1.33. The summed E-state index contributed by atoms with van der Waals surface area (Å²) in [5.74, 6) is 0.349. The van der Waals surface area contributed by atoms with Crippen LogP contribution in [0.2, 0.25) is 0 Å². The Kier molecular flexibility index (Phi) is 4.98. The second-order valence-corrected chi connectivity index (χ2v) is 4.20. The van der Waals surface area contributed by atoms with Crippen LogP contribution in [0, 0.1) is 0 Å². The van der Waals surface area contributed by atoms with Gasteiger partial charge in [-0.25, -0.2) is 4.79 Å². The highest BCUT2D eigenvalue weighted by Crippen LogP contribution is 2.04. The molecule has 100 valence electrons. The minimum absolute atomic E-state index is 0.267. The Morgan fingerprint density at radius 2 is 2.00 bits per heavy atom. The highest BCUT2D eigenvalue weighted by atomic mass is 16.5. The van der Waals surface area contributed by atoms with Crippen molar-refractivity contribution in [3.63, 3.8) is 0 Å². The molecule has 0 atom stereocenters. The van der Waals surface area contributed by atoms with Gasteiger partial charge in [0.1, 0.15) is 0 Å². The van der Waals surface area contributed by atoms with E-state index in [-0.39, 0.29) is 6.03 Å². The van der Waals surface area contributed by atoms with Gasteiger partial charge in [0.25, 0.3) is 0 Å². The van der Waals surface area contributed by atoms with Crippen molar-refractivity contribution >= 4 is 11.9 Å². The summed E-state index contributed by atoms with van der Waals surface area (Å²) < 4.78 is 4.77. The number of rotatable bonds is 6. The van der Waals surface area contributed by atoms with Crippen LogP contribution in [-0.4, -0.2) is 17.7 Å². The maximum absolute atomic E-state index is 11.4. The van der Waals surface area contributed by atoms with E-state index in [2.05, 4.69) is 27.9 Å². The number of unbranched alkanes of at least 4 members (excludes halogenated alkanes) is 1. The Morgan fingerprint density at radius 3 is 2.74 bits per heavy atom. The molecule has 0 aliphatic heterocycles. The summed E-state index contributed by atoms with van der Waals surface area (Å²) >= 11 is 0. The molecule has 0 saturated carbocycles. The van der Waals surface area contributed by atoms with Crippen LogP contribution < -0.4 is 10.6 Å². The van der Waals surface area contributed by atoms with Crippen LogP contribution in [0.5, 0.6) is 0 Å². The largest absolute Gasteiger partial charge is 0.338 e. The van der Waals surface area contributed by atoms with E-state index < -0.39 is 0 Å². The molecule has 1 heterocycles. The summed E-state index contributed by atoms with van der Waals surface area (Å²) in [6, 6.07) is 11.6. The number of benzene rings is 1. The molecule has 2 rings (SSSR count). The van der Waals surface area contributed by atoms with Gasteiger partial charge in [-0.05, 0) is 24.8 Å². The smallest absolute Gasteiger partial charge is 0.321 e.